The van der Waals surface area contributed by atoms with E-state index in [9.17, 15) is 9.18 Å². The number of amides is 1. The van der Waals surface area contributed by atoms with E-state index in [1.54, 1.807) is 43.5 Å². The van der Waals surface area contributed by atoms with Gasteiger partial charge in [-0.15, -0.1) is 0 Å². The summed E-state index contributed by atoms with van der Waals surface area (Å²) in [6.07, 6.45) is 0.241. The Labute approximate surface area is 142 Å². The summed E-state index contributed by atoms with van der Waals surface area (Å²) in [5, 5.41) is 2.76. The standard InChI is InChI=1S/C17H17BrFNO3/c1-22-12-7-8-16(23-2)15(10-12)20-17(21)13(18)9-11-5-3-4-6-14(11)19/h3-8,10,13H,9H2,1-2H3,(H,20,21)/t13-/m1/s1. The van der Waals surface area contributed by atoms with E-state index in [1.165, 1.54) is 13.2 Å². The third-order valence-electron chi connectivity index (χ3n) is 3.31. The molecule has 0 aliphatic heterocycles. The van der Waals surface area contributed by atoms with Crippen LogP contribution >= 0.6 is 15.9 Å². The zero-order valence-electron chi connectivity index (χ0n) is 12.8. The van der Waals surface area contributed by atoms with Gasteiger partial charge in [0.1, 0.15) is 17.3 Å². The molecule has 1 N–H and O–H groups in total. The van der Waals surface area contributed by atoms with E-state index >= 15 is 0 Å². The van der Waals surface area contributed by atoms with Crippen LogP contribution in [0.1, 0.15) is 5.56 Å². The third-order valence-corrected chi connectivity index (χ3v) is 4.05. The molecule has 23 heavy (non-hydrogen) atoms. The maximum absolute atomic E-state index is 13.7. The van der Waals surface area contributed by atoms with Crippen molar-refractivity contribution in [1.82, 2.24) is 0 Å². The highest BCUT2D eigenvalue weighted by Gasteiger charge is 2.19. The van der Waals surface area contributed by atoms with Crippen LogP contribution in [0.25, 0.3) is 0 Å². The maximum Gasteiger partial charge on any atom is 0.238 e. The summed E-state index contributed by atoms with van der Waals surface area (Å²) in [7, 11) is 3.06. The van der Waals surface area contributed by atoms with Gasteiger partial charge >= 0.3 is 0 Å². The number of benzene rings is 2. The van der Waals surface area contributed by atoms with Crippen molar-refractivity contribution in [3.8, 4) is 11.5 Å². The number of hydrogen-bond donors (Lipinski definition) is 1. The number of halogens is 2. The predicted octanol–water partition coefficient (Wildman–Crippen LogP) is 3.79. The van der Waals surface area contributed by atoms with Gasteiger partial charge in [0.05, 0.1) is 24.7 Å². The number of methoxy groups -OCH3 is 2. The average molecular weight is 382 g/mol. The van der Waals surface area contributed by atoms with E-state index in [0.29, 0.717) is 22.7 Å². The smallest absolute Gasteiger partial charge is 0.238 e. The van der Waals surface area contributed by atoms with Gasteiger partial charge < -0.3 is 14.8 Å². The van der Waals surface area contributed by atoms with Gasteiger partial charge in [-0.3, -0.25) is 4.79 Å². The van der Waals surface area contributed by atoms with Crippen LogP contribution in [0.3, 0.4) is 0 Å². The summed E-state index contributed by atoms with van der Waals surface area (Å²) in [5.74, 6) is 0.495. The minimum Gasteiger partial charge on any atom is -0.497 e. The Balaban J connectivity index is 2.10. The zero-order chi connectivity index (χ0) is 16.8. The molecular weight excluding hydrogens is 365 g/mol. The summed E-state index contributed by atoms with van der Waals surface area (Å²) in [4.78, 5) is 11.7. The molecule has 0 aliphatic carbocycles. The second-order valence-corrected chi connectivity index (χ2v) is 5.92. The summed E-state index contributed by atoms with van der Waals surface area (Å²) >= 11 is 3.30. The predicted molar refractivity (Wildman–Crippen MR) is 91.0 cm³/mol. The first-order chi connectivity index (χ1) is 11.0. The number of anilines is 1. The lowest BCUT2D eigenvalue weighted by atomic mass is 10.1. The molecule has 0 radical (unpaired) electrons. The second kappa shape index (κ2) is 7.97. The van der Waals surface area contributed by atoms with E-state index in [1.807, 2.05) is 0 Å². The highest BCUT2D eigenvalue weighted by molar-refractivity contribution is 9.10. The first kappa shape index (κ1) is 17.3. The molecule has 0 bridgehead atoms. The van der Waals surface area contributed by atoms with Crippen molar-refractivity contribution in [2.75, 3.05) is 19.5 Å². The largest absolute Gasteiger partial charge is 0.497 e. The fourth-order valence-electron chi connectivity index (χ4n) is 2.07. The van der Waals surface area contributed by atoms with Crippen LogP contribution in [0.5, 0.6) is 11.5 Å². The van der Waals surface area contributed by atoms with Crippen LogP contribution < -0.4 is 14.8 Å². The normalized spacial score (nSPS) is 11.7. The molecule has 0 spiro atoms. The van der Waals surface area contributed by atoms with E-state index in [0.717, 1.165) is 0 Å². The minimum atomic E-state index is -0.574. The lowest BCUT2D eigenvalue weighted by Gasteiger charge is -2.14. The minimum absolute atomic E-state index is 0.241. The van der Waals surface area contributed by atoms with Crippen LogP contribution in [-0.2, 0) is 11.2 Å². The van der Waals surface area contributed by atoms with Gasteiger partial charge in [-0.2, -0.15) is 0 Å². The van der Waals surface area contributed by atoms with Crippen LogP contribution in [0.4, 0.5) is 10.1 Å². The lowest BCUT2D eigenvalue weighted by molar-refractivity contribution is -0.115. The van der Waals surface area contributed by atoms with Crippen molar-refractivity contribution in [2.45, 2.75) is 11.2 Å². The van der Waals surface area contributed by atoms with E-state index in [2.05, 4.69) is 21.2 Å². The number of rotatable bonds is 6. The summed E-state index contributed by atoms with van der Waals surface area (Å²) in [6, 6.07) is 11.5. The number of carbonyl (C=O) groups is 1. The molecule has 0 aromatic heterocycles. The molecule has 0 fully saturated rings. The molecule has 0 heterocycles. The molecule has 1 atom stereocenters. The summed E-state index contributed by atoms with van der Waals surface area (Å²) < 4.78 is 24.0. The molecule has 0 aliphatic rings. The van der Waals surface area contributed by atoms with Gasteiger partial charge in [0.2, 0.25) is 5.91 Å². The average Bonchev–Trinajstić information content (AvgIpc) is 2.56. The van der Waals surface area contributed by atoms with Crippen LogP contribution in [0.2, 0.25) is 0 Å². The van der Waals surface area contributed by atoms with Crippen molar-refractivity contribution in [3.05, 3.63) is 53.8 Å². The third kappa shape index (κ3) is 4.45. The molecule has 2 rings (SSSR count). The molecule has 0 unspecified atom stereocenters. The molecule has 2 aromatic rings. The second-order valence-electron chi connectivity index (χ2n) is 4.82. The van der Waals surface area contributed by atoms with E-state index in [-0.39, 0.29) is 18.1 Å². The van der Waals surface area contributed by atoms with Crippen LogP contribution in [-0.4, -0.2) is 25.0 Å². The summed E-state index contributed by atoms with van der Waals surface area (Å²) in [5.41, 5.74) is 0.969. The van der Waals surface area contributed by atoms with Gasteiger partial charge in [-0.25, -0.2) is 4.39 Å². The highest BCUT2D eigenvalue weighted by atomic mass is 79.9. The highest BCUT2D eigenvalue weighted by Crippen LogP contribution is 2.29. The quantitative estimate of drug-likeness (QED) is 0.774. The van der Waals surface area contributed by atoms with Crippen molar-refractivity contribution < 1.29 is 18.7 Å². The topological polar surface area (TPSA) is 47.6 Å². The molecule has 6 heteroatoms. The number of carbonyl (C=O) groups excluding carboxylic acids is 1. The number of nitrogens with one attached hydrogen (secondary N) is 1. The van der Waals surface area contributed by atoms with Gasteiger partial charge in [0, 0.05) is 6.07 Å². The van der Waals surface area contributed by atoms with E-state index < -0.39 is 4.83 Å². The fraction of sp³-hybridized carbons (Fsp3) is 0.235. The maximum atomic E-state index is 13.7. The Bertz CT molecular complexity index is 693. The Morgan fingerprint density at radius 3 is 2.61 bits per heavy atom. The SMILES string of the molecule is COc1ccc(OC)c(NC(=O)[C@H](Br)Cc2ccccc2F)c1. The Morgan fingerprint density at radius 2 is 1.96 bits per heavy atom. The van der Waals surface area contributed by atoms with Gasteiger partial charge in [0.15, 0.2) is 0 Å². The Morgan fingerprint density at radius 1 is 1.22 bits per heavy atom. The molecule has 0 saturated carbocycles. The molecule has 122 valence electrons. The first-order valence-electron chi connectivity index (χ1n) is 6.95. The Kier molecular flexibility index (Phi) is 5.98. The monoisotopic (exact) mass is 381 g/mol. The summed E-state index contributed by atoms with van der Waals surface area (Å²) in [6.45, 7) is 0. The lowest BCUT2D eigenvalue weighted by Crippen LogP contribution is -2.25. The van der Waals surface area contributed by atoms with Crippen molar-refractivity contribution in [3.63, 3.8) is 0 Å². The van der Waals surface area contributed by atoms with Gasteiger partial charge in [-0.1, -0.05) is 34.1 Å². The molecule has 1 amide bonds. The molecular formula is C17H17BrFNO3. The van der Waals surface area contributed by atoms with Gasteiger partial charge in [0.25, 0.3) is 0 Å². The molecule has 4 nitrogen and oxygen atoms in total. The molecule has 2 aromatic carbocycles. The number of ether oxygens (including phenoxy) is 2. The fourth-order valence-corrected chi connectivity index (χ4v) is 2.54. The van der Waals surface area contributed by atoms with Crippen molar-refractivity contribution in [1.29, 1.82) is 0 Å². The number of alkyl halides is 1. The van der Waals surface area contributed by atoms with Crippen LogP contribution in [0.15, 0.2) is 42.5 Å². The van der Waals surface area contributed by atoms with Gasteiger partial charge in [-0.05, 0) is 30.2 Å². The van der Waals surface area contributed by atoms with E-state index in [4.69, 9.17) is 9.47 Å². The molecule has 0 saturated heterocycles. The van der Waals surface area contributed by atoms with Crippen molar-refractivity contribution in [2.24, 2.45) is 0 Å². The van der Waals surface area contributed by atoms with Crippen molar-refractivity contribution >= 4 is 27.5 Å². The Hall–Kier alpha value is -2.08. The zero-order valence-corrected chi connectivity index (χ0v) is 14.4. The first-order valence-corrected chi connectivity index (χ1v) is 7.87. The number of hydrogen-bond acceptors (Lipinski definition) is 3. The van der Waals surface area contributed by atoms with Crippen LogP contribution in [0, 0.1) is 5.82 Å².